The summed E-state index contributed by atoms with van der Waals surface area (Å²) in [5, 5.41) is 1.06. The Kier molecular flexibility index (Phi) is 8.86. The highest BCUT2D eigenvalue weighted by Crippen LogP contribution is 2.36. The molecule has 0 radical (unpaired) electrons. The van der Waals surface area contributed by atoms with Crippen molar-refractivity contribution in [3.05, 3.63) is 65.5 Å². The third-order valence-corrected chi connectivity index (χ3v) is 7.56. The third-order valence-electron chi connectivity index (χ3n) is 7.56. The zero-order valence-electron chi connectivity index (χ0n) is 20.6. The normalized spacial score (nSPS) is 18.2. The smallest absolute Gasteiger partial charge is 0.387 e. The van der Waals surface area contributed by atoms with E-state index in [2.05, 4.69) is 11.7 Å². The zero-order valence-corrected chi connectivity index (χ0v) is 20.6. The lowest BCUT2D eigenvalue weighted by Crippen LogP contribution is -2.15. The average molecular weight is 505 g/mol. The Bertz CT molecular complexity index is 1140. The van der Waals surface area contributed by atoms with Crippen LogP contribution in [0.3, 0.4) is 0 Å². The lowest BCUT2D eigenvalue weighted by molar-refractivity contribution is -0.0546. The van der Waals surface area contributed by atoms with Crippen LogP contribution in [0.5, 0.6) is 5.75 Å². The van der Waals surface area contributed by atoms with Gasteiger partial charge in [0.2, 0.25) is 0 Å². The third kappa shape index (κ3) is 6.37. The van der Waals surface area contributed by atoms with Crippen molar-refractivity contribution in [3.8, 4) is 16.9 Å². The SMILES string of the molecule is CCCCC[C@H]1CC[C@H](CCc2ccc3c(F)c(-c4cc(F)c(OC(F)F)c(F)c4)ccc3c2)CC1. The van der Waals surface area contributed by atoms with Gasteiger partial charge in [0.05, 0.1) is 0 Å². The molecule has 0 spiro atoms. The quantitative estimate of drug-likeness (QED) is 0.197. The van der Waals surface area contributed by atoms with Gasteiger partial charge in [-0.05, 0) is 53.3 Å². The fraction of sp³-hybridized carbons (Fsp3) is 0.467. The Hall–Kier alpha value is -2.63. The van der Waals surface area contributed by atoms with Crippen molar-refractivity contribution < 1.29 is 26.7 Å². The molecule has 1 aliphatic rings. The highest BCUT2D eigenvalue weighted by atomic mass is 19.3. The minimum atomic E-state index is -3.36. The Balaban J connectivity index is 1.42. The van der Waals surface area contributed by atoms with Gasteiger partial charge >= 0.3 is 6.61 Å². The van der Waals surface area contributed by atoms with E-state index in [1.807, 2.05) is 12.1 Å². The summed E-state index contributed by atoms with van der Waals surface area (Å²) in [6.07, 6.45) is 12.6. The van der Waals surface area contributed by atoms with Gasteiger partial charge in [-0.25, -0.2) is 13.2 Å². The van der Waals surface area contributed by atoms with E-state index in [-0.39, 0.29) is 11.1 Å². The predicted molar refractivity (Wildman–Crippen MR) is 134 cm³/mol. The Morgan fingerprint density at radius 1 is 0.833 bits per heavy atom. The predicted octanol–water partition coefficient (Wildman–Crippen LogP) is 9.84. The molecule has 3 aromatic rings. The lowest BCUT2D eigenvalue weighted by atomic mass is 9.77. The van der Waals surface area contributed by atoms with Crippen molar-refractivity contribution in [3.63, 3.8) is 0 Å². The topological polar surface area (TPSA) is 9.23 Å². The molecule has 0 unspecified atom stereocenters. The van der Waals surface area contributed by atoms with Gasteiger partial charge in [-0.2, -0.15) is 8.78 Å². The number of aryl methyl sites for hydroxylation is 1. The van der Waals surface area contributed by atoms with E-state index in [9.17, 15) is 17.6 Å². The maximum Gasteiger partial charge on any atom is 0.387 e. The molecule has 1 aliphatic carbocycles. The standard InChI is InChI=1S/C30H33F5O/c1-2-3-4-5-19-6-8-20(9-7-19)10-11-21-12-14-24-22(16-21)13-15-25(28(24)33)23-17-26(31)29(27(32)18-23)36-30(34)35/h12-20,30H,2-11H2,1H3/t19-,20-. The second-order valence-electron chi connectivity index (χ2n) is 10.1. The van der Waals surface area contributed by atoms with Crippen molar-refractivity contribution >= 4 is 10.8 Å². The minimum absolute atomic E-state index is 0.00709. The van der Waals surface area contributed by atoms with Gasteiger partial charge in [0.15, 0.2) is 17.4 Å². The number of halogens is 5. The summed E-state index contributed by atoms with van der Waals surface area (Å²) in [4.78, 5) is 0. The van der Waals surface area contributed by atoms with E-state index in [1.165, 1.54) is 57.4 Å². The first-order valence-corrected chi connectivity index (χ1v) is 13.0. The van der Waals surface area contributed by atoms with Crippen LogP contribution in [-0.2, 0) is 6.42 Å². The maximum atomic E-state index is 15.3. The first-order chi connectivity index (χ1) is 17.4. The minimum Gasteiger partial charge on any atom is -0.429 e. The van der Waals surface area contributed by atoms with Crippen LogP contribution in [0.1, 0.15) is 70.3 Å². The number of ether oxygens (including phenoxy) is 1. The Morgan fingerprint density at radius 2 is 1.50 bits per heavy atom. The average Bonchev–Trinajstić information content (AvgIpc) is 2.86. The van der Waals surface area contributed by atoms with Gasteiger partial charge in [-0.3, -0.25) is 0 Å². The summed E-state index contributed by atoms with van der Waals surface area (Å²) in [6, 6.07) is 10.4. The second kappa shape index (κ2) is 12.1. The fourth-order valence-corrected chi connectivity index (χ4v) is 5.50. The van der Waals surface area contributed by atoms with Crippen LogP contribution < -0.4 is 4.74 Å². The lowest BCUT2D eigenvalue weighted by Gasteiger charge is -2.28. The first kappa shape index (κ1) is 26.4. The molecule has 1 nitrogen and oxygen atoms in total. The molecule has 194 valence electrons. The Morgan fingerprint density at radius 3 is 2.14 bits per heavy atom. The van der Waals surface area contributed by atoms with Gasteiger partial charge in [0.25, 0.3) is 0 Å². The molecule has 36 heavy (non-hydrogen) atoms. The van der Waals surface area contributed by atoms with E-state index in [1.54, 1.807) is 12.1 Å². The molecule has 4 rings (SSSR count). The molecule has 6 heteroatoms. The summed E-state index contributed by atoms with van der Waals surface area (Å²) in [5.74, 6) is -2.78. The molecule has 3 aromatic carbocycles. The summed E-state index contributed by atoms with van der Waals surface area (Å²) in [7, 11) is 0. The highest BCUT2D eigenvalue weighted by molar-refractivity contribution is 5.88. The zero-order chi connectivity index (χ0) is 25.7. The molecule has 0 aliphatic heterocycles. The van der Waals surface area contributed by atoms with Crippen molar-refractivity contribution in [2.24, 2.45) is 11.8 Å². The second-order valence-corrected chi connectivity index (χ2v) is 10.1. The summed E-state index contributed by atoms with van der Waals surface area (Å²) < 4.78 is 72.3. The van der Waals surface area contributed by atoms with Crippen molar-refractivity contribution in [1.82, 2.24) is 0 Å². The van der Waals surface area contributed by atoms with Gasteiger partial charge in [0.1, 0.15) is 5.82 Å². The van der Waals surface area contributed by atoms with E-state index in [0.29, 0.717) is 10.8 Å². The van der Waals surface area contributed by atoms with Crippen LogP contribution in [0.4, 0.5) is 22.0 Å². The van der Waals surface area contributed by atoms with E-state index >= 15 is 4.39 Å². The summed E-state index contributed by atoms with van der Waals surface area (Å²) in [5.41, 5.74) is 1.05. The van der Waals surface area contributed by atoms with Gasteiger partial charge in [-0.15, -0.1) is 0 Å². The van der Waals surface area contributed by atoms with Crippen LogP contribution in [0.25, 0.3) is 21.9 Å². The van der Waals surface area contributed by atoms with Crippen LogP contribution in [-0.4, -0.2) is 6.61 Å². The molecule has 1 saturated carbocycles. The number of hydrogen-bond acceptors (Lipinski definition) is 1. The van der Waals surface area contributed by atoms with Gasteiger partial charge < -0.3 is 4.74 Å². The maximum absolute atomic E-state index is 15.3. The molecule has 0 bridgehead atoms. The Labute approximate surface area is 209 Å². The number of hydrogen-bond donors (Lipinski definition) is 0. The van der Waals surface area contributed by atoms with E-state index < -0.39 is 29.8 Å². The molecule has 0 saturated heterocycles. The van der Waals surface area contributed by atoms with Crippen molar-refractivity contribution in [2.45, 2.75) is 77.7 Å². The molecular formula is C30H33F5O. The van der Waals surface area contributed by atoms with Gasteiger partial charge in [0, 0.05) is 10.9 Å². The largest absolute Gasteiger partial charge is 0.429 e. The number of alkyl halides is 2. The van der Waals surface area contributed by atoms with E-state index in [4.69, 9.17) is 0 Å². The molecule has 0 aromatic heterocycles. The number of unbranched alkanes of at least 4 members (excludes halogenated alkanes) is 2. The first-order valence-electron chi connectivity index (χ1n) is 13.0. The highest BCUT2D eigenvalue weighted by Gasteiger charge is 2.21. The van der Waals surface area contributed by atoms with Crippen LogP contribution in [0.2, 0.25) is 0 Å². The summed E-state index contributed by atoms with van der Waals surface area (Å²) >= 11 is 0. The van der Waals surface area contributed by atoms with Crippen molar-refractivity contribution in [1.29, 1.82) is 0 Å². The van der Waals surface area contributed by atoms with Crippen molar-refractivity contribution in [2.75, 3.05) is 0 Å². The molecule has 0 amide bonds. The summed E-state index contributed by atoms with van der Waals surface area (Å²) in [6.45, 7) is -1.12. The molecule has 0 N–H and O–H groups in total. The van der Waals surface area contributed by atoms with E-state index in [0.717, 1.165) is 42.4 Å². The number of rotatable bonds is 10. The molecular weight excluding hydrogens is 471 g/mol. The molecule has 0 heterocycles. The number of benzene rings is 3. The van der Waals surface area contributed by atoms with Gasteiger partial charge in [-0.1, -0.05) is 88.6 Å². The fourth-order valence-electron chi connectivity index (χ4n) is 5.50. The monoisotopic (exact) mass is 504 g/mol. The van der Waals surface area contributed by atoms with Crippen LogP contribution >= 0.6 is 0 Å². The molecule has 0 atom stereocenters. The number of fused-ring (bicyclic) bond motifs is 1. The van der Waals surface area contributed by atoms with Crippen LogP contribution in [0, 0.1) is 29.3 Å². The van der Waals surface area contributed by atoms with Crippen LogP contribution in [0.15, 0.2) is 42.5 Å². The molecule has 1 fully saturated rings.